The van der Waals surface area contributed by atoms with E-state index >= 15 is 0 Å². The zero-order chi connectivity index (χ0) is 19.9. The van der Waals surface area contributed by atoms with Gasteiger partial charge in [0.25, 0.3) is 0 Å². The van der Waals surface area contributed by atoms with Gasteiger partial charge in [-0.15, -0.1) is 11.8 Å². The summed E-state index contributed by atoms with van der Waals surface area (Å²) in [7, 11) is 0.195. The fraction of sp³-hybridized carbons (Fsp3) is 0.429. The minimum atomic E-state index is -3.58. The standard InChI is InChI=1S/C21H26N2O3S2/c1-15-19(26-3)20-18(22(2)21(27-20)16-10-6-4-7-11-16)14-23(15)28(24,25)17-12-8-5-9-13-17/h4-13,15,18-21H,14H2,1-3H3/t15-,18-,19+,20-,21-/m0/s1. The lowest BCUT2D eigenvalue weighted by atomic mass is 9.96. The number of rotatable bonds is 4. The van der Waals surface area contributed by atoms with E-state index in [-0.39, 0.29) is 28.8 Å². The van der Waals surface area contributed by atoms with Crippen molar-refractivity contribution in [2.45, 2.75) is 40.6 Å². The normalized spacial score (nSPS) is 31.6. The van der Waals surface area contributed by atoms with Crippen LogP contribution in [-0.2, 0) is 14.8 Å². The molecule has 150 valence electrons. The molecule has 0 unspecified atom stereocenters. The van der Waals surface area contributed by atoms with Crippen LogP contribution in [0.15, 0.2) is 65.6 Å². The molecule has 5 atom stereocenters. The summed E-state index contributed by atoms with van der Waals surface area (Å²) in [4.78, 5) is 2.64. The van der Waals surface area contributed by atoms with Gasteiger partial charge in [0, 0.05) is 25.7 Å². The first kappa shape index (κ1) is 19.9. The van der Waals surface area contributed by atoms with Crippen LogP contribution in [0, 0.1) is 0 Å². The van der Waals surface area contributed by atoms with Crippen molar-refractivity contribution in [3.8, 4) is 0 Å². The lowest BCUT2D eigenvalue weighted by Gasteiger charge is -2.44. The zero-order valence-electron chi connectivity index (χ0n) is 16.3. The second kappa shape index (κ2) is 7.80. The van der Waals surface area contributed by atoms with Crippen molar-refractivity contribution in [1.29, 1.82) is 0 Å². The van der Waals surface area contributed by atoms with E-state index in [0.717, 1.165) is 0 Å². The average Bonchev–Trinajstić information content (AvgIpc) is 3.05. The van der Waals surface area contributed by atoms with Crippen molar-refractivity contribution in [2.75, 3.05) is 20.7 Å². The van der Waals surface area contributed by atoms with Gasteiger partial charge in [-0.3, -0.25) is 4.90 Å². The molecule has 0 aromatic heterocycles. The molecule has 0 aliphatic carbocycles. The maximum Gasteiger partial charge on any atom is 0.243 e. The number of thioether (sulfide) groups is 1. The predicted octanol–water partition coefficient (Wildman–Crippen LogP) is 3.21. The number of fused-ring (bicyclic) bond motifs is 1. The van der Waals surface area contributed by atoms with E-state index < -0.39 is 10.0 Å². The van der Waals surface area contributed by atoms with Gasteiger partial charge in [-0.2, -0.15) is 4.31 Å². The number of benzene rings is 2. The first-order valence-corrected chi connectivity index (χ1v) is 11.9. The lowest BCUT2D eigenvalue weighted by Crippen LogP contribution is -2.62. The first-order valence-electron chi connectivity index (χ1n) is 9.47. The number of piperidine rings is 1. The highest BCUT2D eigenvalue weighted by atomic mass is 32.2. The second-order valence-corrected chi connectivity index (χ2v) is 10.6. The highest BCUT2D eigenvalue weighted by Gasteiger charge is 2.53. The third-order valence-corrected chi connectivity index (χ3v) is 9.61. The molecule has 2 fully saturated rings. The predicted molar refractivity (Wildman–Crippen MR) is 113 cm³/mol. The largest absolute Gasteiger partial charge is 0.379 e. The van der Waals surface area contributed by atoms with E-state index in [9.17, 15) is 8.42 Å². The average molecular weight is 419 g/mol. The lowest BCUT2D eigenvalue weighted by molar-refractivity contribution is -0.00148. The summed E-state index contributed by atoms with van der Waals surface area (Å²) in [5.41, 5.74) is 1.24. The summed E-state index contributed by atoms with van der Waals surface area (Å²) in [6, 6.07) is 18.9. The summed E-state index contributed by atoms with van der Waals surface area (Å²) in [6.45, 7) is 2.43. The summed E-state index contributed by atoms with van der Waals surface area (Å²) in [5, 5.41) is 0.415. The van der Waals surface area contributed by atoms with Crippen molar-refractivity contribution in [3.05, 3.63) is 66.2 Å². The molecule has 0 amide bonds. The highest BCUT2D eigenvalue weighted by molar-refractivity contribution is 8.00. The van der Waals surface area contributed by atoms with Gasteiger partial charge < -0.3 is 4.74 Å². The highest BCUT2D eigenvalue weighted by Crippen LogP contribution is 2.49. The summed E-state index contributed by atoms with van der Waals surface area (Å²) in [6.07, 6.45) is -0.168. The van der Waals surface area contributed by atoms with Gasteiger partial charge in [-0.1, -0.05) is 48.5 Å². The van der Waals surface area contributed by atoms with Crippen LogP contribution >= 0.6 is 11.8 Å². The third kappa shape index (κ3) is 3.29. The van der Waals surface area contributed by atoms with Crippen molar-refractivity contribution < 1.29 is 13.2 Å². The SMILES string of the molecule is CO[C@H]1[C@H]2S[C@@H](c3ccccc3)N(C)[C@H]2CN(S(=O)(=O)c2ccccc2)[C@H]1C. The monoisotopic (exact) mass is 418 g/mol. The van der Waals surface area contributed by atoms with Crippen LogP contribution in [0.25, 0.3) is 0 Å². The molecule has 2 heterocycles. The Labute approximate surface area is 171 Å². The Morgan fingerprint density at radius 2 is 1.64 bits per heavy atom. The second-order valence-electron chi connectivity index (χ2n) is 7.43. The molecule has 2 aromatic carbocycles. The van der Waals surface area contributed by atoms with E-state index in [2.05, 4.69) is 24.1 Å². The molecule has 2 aliphatic heterocycles. The Balaban J connectivity index is 1.68. The molecule has 0 spiro atoms. The molecule has 0 bridgehead atoms. The van der Waals surface area contributed by atoms with Gasteiger partial charge in [0.15, 0.2) is 0 Å². The molecule has 5 nitrogen and oxygen atoms in total. The van der Waals surface area contributed by atoms with Crippen LogP contribution in [0.5, 0.6) is 0 Å². The first-order chi connectivity index (χ1) is 13.4. The van der Waals surface area contributed by atoms with E-state index in [1.807, 2.05) is 43.0 Å². The summed E-state index contributed by atoms with van der Waals surface area (Å²) < 4.78 is 34.2. The van der Waals surface area contributed by atoms with E-state index in [1.54, 1.807) is 35.7 Å². The number of nitrogens with zero attached hydrogens (tertiary/aromatic N) is 2. The summed E-state index contributed by atoms with van der Waals surface area (Å²) in [5.74, 6) is 0. The third-order valence-electron chi connectivity index (χ3n) is 5.89. The van der Waals surface area contributed by atoms with Crippen LogP contribution in [0.2, 0.25) is 0 Å². The Kier molecular flexibility index (Phi) is 5.55. The molecular formula is C21H26N2O3S2. The topological polar surface area (TPSA) is 49.9 Å². The fourth-order valence-corrected chi connectivity index (χ4v) is 7.96. The Hall–Kier alpha value is -1.38. The number of likely N-dealkylation sites (N-methyl/N-ethyl adjacent to an activating group) is 1. The quantitative estimate of drug-likeness (QED) is 0.763. The molecule has 2 aliphatic rings. The van der Waals surface area contributed by atoms with Crippen molar-refractivity contribution in [1.82, 2.24) is 9.21 Å². The molecule has 4 rings (SSSR count). The fourth-order valence-electron chi connectivity index (χ4n) is 4.37. The smallest absolute Gasteiger partial charge is 0.243 e. The van der Waals surface area contributed by atoms with E-state index in [4.69, 9.17) is 4.74 Å². The van der Waals surface area contributed by atoms with Gasteiger partial charge in [-0.05, 0) is 31.7 Å². The summed E-state index contributed by atoms with van der Waals surface area (Å²) >= 11 is 1.88. The van der Waals surface area contributed by atoms with Crippen molar-refractivity contribution in [2.24, 2.45) is 0 Å². The molecule has 2 aromatic rings. The maximum atomic E-state index is 13.4. The van der Waals surface area contributed by atoms with Gasteiger partial charge >= 0.3 is 0 Å². The maximum absolute atomic E-state index is 13.4. The van der Waals surface area contributed by atoms with E-state index in [0.29, 0.717) is 11.4 Å². The van der Waals surface area contributed by atoms with Gasteiger partial charge in [0.1, 0.15) is 0 Å². The van der Waals surface area contributed by atoms with Crippen LogP contribution in [0.1, 0.15) is 17.9 Å². The van der Waals surface area contributed by atoms with Gasteiger partial charge in [-0.25, -0.2) is 8.42 Å². The van der Waals surface area contributed by atoms with Crippen LogP contribution in [0.4, 0.5) is 0 Å². The van der Waals surface area contributed by atoms with Gasteiger partial charge in [0.05, 0.1) is 21.6 Å². The molecule has 0 N–H and O–H groups in total. The molecule has 28 heavy (non-hydrogen) atoms. The number of hydrogen-bond donors (Lipinski definition) is 0. The van der Waals surface area contributed by atoms with Crippen molar-refractivity contribution >= 4 is 21.8 Å². The van der Waals surface area contributed by atoms with Crippen molar-refractivity contribution in [3.63, 3.8) is 0 Å². The zero-order valence-corrected chi connectivity index (χ0v) is 17.9. The number of sulfonamides is 1. The number of methoxy groups -OCH3 is 1. The molecular weight excluding hydrogens is 392 g/mol. The Morgan fingerprint density at radius 3 is 2.25 bits per heavy atom. The minimum absolute atomic E-state index is 0.0924. The Bertz CT molecular complexity index is 908. The minimum Gasteiger partial charge on any atom is -0.379 e. The van der Waals surface area contributed by atoms with Crippen LogP contribution < -0.4 is 0 Å². The molecule has 0 saturated carbocycles. The molecule has 7 heteroatoms. The number of ether oxygens (including phenoxy) is 1. The Morgan fingerprint density at radius 1 is 1.04 bits per heavy atom. The molecule has 2 saturated heterocycles. The number of hydrogen-bond acceptors (Lipinski definition) is 5. The van der Waals surface area contributed by atoms with Crippen LogP contribution in [-0.4, -0.2) is 61.8 Å². The molecule has 0 radical (unpaired) electrons. The van der Waals surface area contributed by atoms with E-state index in [1.165, 1.54) is 5.56 Å². The van der Waals surface area contributed by atoms with Crippen LogP contribution in [0.3, 0.4) is 0 Å². The van der Waals surface area contributed by atoms with Gasteiger partial charge in [0.2, 0.25) is 10.0 Å².